The predicted molar refractivity (Wildman–Crippen MR) is 57.7 cm³/mol. The predicted octanol–water partition coefficient (Wildman–Crippen LogP) is 0.0812. The highest BCUT2D eigenvalue weighted by molar-refractivity contribution is 7.89. The molecule has 1 aromatic rings. The summed E-state index contributed by atoms with van der Waals surface area (Å²) in [6.45, 7) is 1.88. The lowest BCUT2D eigenvalue weighted by molar-refractivity contribution is 0.318. The summed E-state index contributed by atoms with van der Waals surface area (Å²) in [7, 11) is -3.09. The monoisotopic (exact) mass is 245 g/mol. The molecular weight excluding hydrogens is 230 g/mol. The fourth-order valence-electron chi connectivity index (χ4n) is 1.80. The van der Waals surface area contributed by atoms with E-state index in [-0.39, 0.29) is 17.5 Å². The van der Waals surface area contributed by atoms with Crippen molar-refractivity contribution >= 4 is 9.84 Å². The summed E-state index contributed by atoms with van der Waals surface area (Å²) in [5.74, 6) is 0.944. The molecule has 1 N–H and O–H groups in total. The lowest BCUT2D eigenvalue weighted by Crippen LogP contribution is -2.26. The third kappa shape index (κ3) is 3.02. The highest BCUT2D eigenvalue weighted by Crippen LogP contribution is 2.23. The lowest BCUT2D eigenvalue weighted by Gasteiger charge is -2.18. The van der Waals surface area contributed by atoms with Crippen molar-refractivity contribution in [3.63, 3.8) is 0 Å². The van der Waals surface area contributed by atoms with Crippen molar-refractivity contribution in [1.82, 2.24) is 15.5 Å². The SMILES string of the molecule is CS(=O)(=O)Cc1noc(C2CCNCC2)n1. The molecule has 6 nitrogen and oxygen atoms in total. The number of sulfone groups is 1. The Morgan fingerprint density at radius 2 is 2.12 bits per heavy atom. The van der Waals surface area contributed by atoms with Crippen molar-refractivity contribution in [3.8, 4) is 0 Å². The Bertz CT molecular complexity index is 448. The Hall–Kier alpha value is -0.950. The van der Waals surface area contributed by atoms with Crippen LogP contribution in [0.2, 0.25) is 0 Å². The van der Waals surface area contributed by atoms with Crippen LogP contribution in [0.4, 0.5) is 0 Å². The van der Waals surface area contributed by atoms with Crippen LogP contribution in [0.5, 0.6) is 0 Å². The number of hydrogen-bond acceptors (Lipinski definition) is 6. The average Bonchev–Trinajstić information content (AvgIpc) is 2.65. The van der Waals surface area contributed by atoms with E-state index in [9.17, 15) is 8.42 Å². The molecule has 0 spiro atoms. The van der Waals surface area contributed by atoms with Crippen LogP contribution in [0, 0.1) is 0 Å². The Morgan fingerprint density at radius 3 is 2.75 bits per heavy atom. The maximum Gasteiger partial charge on any atom is 0.229 e. The van der Waals surface area contributed by atoms with E-state index in [1.54, 1.807) is 0 Å². The van der Waals surface area contributed by atoms with Gasteiger partial charge >= 0.3 is 0 Å². The third-order valence-electron chi connectivity index (χ3n) is 2.56. The van der Waals surface area contributed by atoms with Crippen molar-refractivity contribution in [2.45, 2.75) is 24.5 Å². The highest BCUT2D eigenvalue weighted by atomic mass is 32.2. The Morgan fingerprint density at radius 1 is 1.44 bits per heavy atom. The van der Waals surface area contributed by atoms with E-state index >= 15 is 0 Å². The van der Waals surface area contributed by atoms with E-state index in [4.69, 9.17) is 4.52 Å². The lowest BCUT2D eigenvalue weighted by atomic mass is 9.98. The molecule has 0 amide bonds. The van der Waals surface area contributed by atoms with E-state index in [1.165, 1.54) is 0 Å². The first kappa shape index (κ1) is 11.5. The summed E-state index contributed by atoms with van der Waals surface area (Å²) in [6.07, 6.45) is 3.08. The minimum atomic E-state index is -3.09. The Balaban J connectivity index is 2.06. The fraction of sp³-hybridized carbons (Fsp3) is 0.778. The van der Waals surface area contributed by atoms with Crippen LogP contribution in [0.3, 0.4) is 0 Å². The van der Waals surface area contributed by atoms with Gasteiger partial charge in [0.05, 0.1) is 0 Å². The second-order valence-electron chi connectivity index (χ2n) is 4.14. The van der Waals surface area contributed by atoms with Gasteiger partial charge < -0.3 is 9.84 Å². The number of aromatic nitrogens is 2. The third-order valence-corrected chi connectivity index (χ3v) is 3.35. The van der Waals surface area contributed by atoms with Crippen LogP contribution in [0.25, 0.3) is 0 Å². The van der Waals surface area contributed by atoms with Gasteiger partial charge in [0, 0.05) is 12.2 Å². The second kappa shape index (κ2) is 4.50. The first-order valence-electron chi connectivity index (χ1n) is 5.25. The van der Waals surface area contributed by atoms with Gasteiger partial charge in [-0.2, -0.15) is 4.98 Å². The zero-order valence-electron chi connectivity index (χ0n) is 9.14. The molecular formula is C9H15N3O3S. The summed E-state index contributed by atoms with van der Waals surface area (Å²) in [5.41, 5.74) is 0. The zero-order chi connectivity index (χ0) is 11.6. The molecule has 7 heteroatoms. The van der Waals surface area contributed by atoms with Crippen molar-refractivity contribution in [2.75, 3.05) is 19.3 Å². The molecule has 0 radical (unpaired) electrons. The smallest absolute Gasteiger partial charge is 0.229 e. The molecule has 1 aliphatic rings. The Labute approximate surface area is 94.3 Å². The summed E-state index contributed by atoms with van der Waals surface area (Å²) < 4.78 is 27.2. The summed E-state index contributed by atoms with van der Waals surface area (Å²) in [6, 6.07) is 0. The van der Waals surface area contributed by atoms with Gasteiger partial charge in [0.25, 0.3) is 0 Å². The number of piperidine rings is 1. The normalized spacial score (nSPS) is 18.8. The molecule has 0 aromatic carbocycles. The fourth-order valence-corrected chi connectivity index (χ4v) is 2.38. The van der Waals surface area contributed by atoms with Crippen molar-refractivity contribution < 1.29 is 12.9 Å². The molecule has 0 aliphatic carbocycles. The molecule has 0 bridgehead atoms. The molecule has 1 fully saturated rings. The van der Waals surface area contributed by atoms with E-state index in [0.29, 0.717) is 5.89 Å². The van der Waals surface area contributed by atoms with E-state index in [1.807, 2.05) is 0 Å². The maximum absolute atomic E-state index is 11.1. The van der Waals surface area contributed by atoms with Crippen LogP contribution in [0.15, 0.2) is 4.52 Å². The van der Waals surface area contributed by atoms with Gasteiger partial charge in [-0.3, -0.25) is 0 Å². The zero-order valence-corrected chi connectivity index (χ0v) is 9.96. The van der Waals surface area contributed by atoms with E-state index < -0.39 is 9.84 Å². The van der Waals surface area contributed by atoms with Crippen LogP contribution in [-0.4, -0.2) is 37.9 Å². The molecule has 0 unspecified atom stereocenters. The van der Waals surface area contributed by atoms with Crippen molar-refractivity contribution in [2.24, 2.45) is 0 Å². The number of rotatable bonds is 3. The molecule has 16 heavy (non-hydrogen) atoms. The van der Waals surface area contributed by atoms with Crippen molar-refractivity contribution in [3.05, 3.63) is 11.7 Å². The van der Waals surface area contributed by atoms with Crippen LogP contribution in [0.1, 0.15) is 30.5 Å². The summed E-state index contributed by atoms with van der Waals surface area (Å²) >= 11 is 0. The molecule has 1 aromatic heterocycles. The number of nitrogens with one attached hydrogen (secondary N) is 1. The topological polar surface area (TPSA) is 85.1 Å². The Kier molecular flexibility index (Phi) is 3.25. The minimum Gasteiger partial charge on any atom is -0.339 e. The number of nitrogens with zero attached hydrogens (tertiary/aromatic N) is 2. The summed E-state index contributed by atoms with van der Waals surface area (Å²) in [5, 5.41) is 6.93. The van der Waals surface area contributed by atoms with Gasteiger partial charge in [0.1, 0.15) is 5.75 Å². The van der Waals surface area contributed by atoms with Crippen molar-refractivity contribution in [1.29, 1.82) is 0 Å². The minimum absolute atomic E-state index is 0.151. The number of hydrogen-bond donors (Lipinski definition) is 1. The van der Waals surface area contributed by atoms with Gasteiger partial charge in [0.2, 0.25) is 5.89 Å². The second-order valence-corrected chi connectivity index (χ2v) is 6.28. The molecule has 2 heterocycles. The van der Waals surface area contributed by atoms with Gasteiger partial charge in [0.15, 0.2) is 15.7 Å². The molecule has 0 saturated carbocycles. The maximum atomic E-state index is 11.1. The molecule has 90 valence electrons. The van der Waals surface area contributed by atoms with Crippen LogP contribution < -0.4 is 5.32 Å². The quantitative estimate of drug-likeness (QED) is 0.811. The molecule has 2 rings (SSSR count). The van der Waals surface area contributed by atoms with Crippen LogP contribution >= 0.6 is 0 Å². The van der Waals surface area contributed by atoms with E-state index in [0.717, 1.165) is 32.2 Å². The highest BCUT2D eigenvalue weighted by Gasteiger charge is 2.22. The van der Waals surface area contributed by atoms with Crippen LogP contribution in [-0.2, 0) is 15.6 Å². The largest absolute Gasteiger partial charge is 0.339 e. The van der Waals surface area contributed by atoms with Gasteiger partial charge in [-0.1, -0.05) is 5.16 Å². The van der Waals surface area contributed by atoms with E-state index in [2.05, 4.69) is 15.5 Å². The van der Waals surface area contributed by atoms with Gasteiger partial charge in [-0.15, -0.1) is 0 Å². The first-order valence-corrected chi connectivity index (χ1v) is 7.31. The molecule has 1 aliphatic heterocycles. The van der Waals surface area contributed by atoms with Gasteiger partial charge in [-0.25, -0.2) is 8.42 Å². The molecule has 1 saturated heterocycles. The first-order chi connectivity index (χ1) is 7.54. The van der Waals surface area contributed by atoms with Gasteiger partial charge in [-0.05, 0) is 25.9 Å². The molecule has 0 atom stereocenters. The summed E-state index contributed by atoms with van der Waals surface area (Å²) in [4.78, 5) is 4.13. The average molecular weight is 245 g/mol. The standard InChI is InChI=1S/C9H15N3O3S/c1-16(13,14)6-8-11-9(15-12-8)7-2-4-10-5-3-7/h7,10H,2-6H2,1H3.